The van der Waals surface area contributed by atoms with E-state index in [1.54, 1.807) is 11.3 Å². The first-order chi connectivity index (χ1) is 7.15. The number of ketones is 1. The van der Waals surface area contributed by atoms with Crippen LogP contribution in [0.4, 0.5) is 0 Å². The van der Waals surface area contributed by atoms with Gasteiger partial charge in [-0.25, -0.2) is 4.98 Å². The fourth-order valence-corrected chi connectivity index (χ4v) is 2.09. The van der Waals surface area contributed by atoms with Gasteiger partial charge in [0.15, 0.2) is 0 Å². The first-order valence-electron chi connectivity index (χ1n) is 5.28. The van der Waals surface area contributed by atoms with Crippen LogP contribution in [0.15, 0.2) is 5.38 Å². The highest BCUT2D eigenvalue weighted by atomic mass is 32.1. The van der Waals surface area contributed by atoms with Crippen LogP contribution in [0.3, 0.4) is 0 Å². The largest absolute Gasteiger partial charge is 0.330 e. The van der Waals surface area contributed by atoms with E-state index in [9.17, 15) is 4.79 Å². The summed E-state index contributed by atoms with van der Waals surface area (Å²) < 4.78 is 0. The Morgan fingerprint density at radius 3 is 2.87 bits per heavy atom. The smallest absolute Gasteiger partial charge is 0.139 e. The Balaban J connectivity index is 2.42. The number of rotatable bonds is 6. The minimum atomic E-state index is 0.248. The molecule has 4 heteroatoms. The summed E-state index contributed by atoms with van der Waals surface area (Å²) in [5.74, 6) is 0.579. The number of nitrogens with zero attached hydrogens (tertiary/aromatic N) is 1. The molecule has 0 aliphatic carbocycles. The van der Waals surface area contributed by atoms with Gasteiger partial charge in [0, 0.05) is 18.2 Å². The SMILES string of the molecule is CCC(CN)CC(=O)Cc1csc(C)n1. The summed E-state index contributed by atoms with van der Waals surface area (Å²) in [6, 6.07) is 0. The summed E-state index contributed by atoms with van der Waals surface area (Å²) in [4.78, 5) is 15.9. The van der Waals surface area contributed by atoms with Crippen molar-refractivity contribution in [1.82, 2.24) is 4.98 Å². The van der Waals surface area contributed by atoms with Crippen LogP contribution in [0.25, 0.3) is 0 Å². The second-order valence-corrected chi connectivity index (χ2v) is 4.85. The molecule has 0 aliphatic heterocycles. The molecule has 0 spiro atoms. The number of nitrogens with two attached hydrogens (primary N) is 1. The molecule has 1 heterocycles. The third-order valence-electron chi connectivity index (χ3n) is 2.47. The molecule has 3 nitrogen and oxygen atoms in total. The Hall–Kier alpha value is -0.740. The number of carbonyl (C=O) groups is 1. The second-order valence-electron chi connectivity index (χ2n) is 3.79. The van der Waals surface area contributed by atoms with E-state index in [4.69, 9.17) is 5.73 Å². The maximum atomic E-state index is 11.7. The lowest BCUT2D eigenvalue weighted by Gasteiger charge is -2.09. The van der Waals surface area contributed by atoms with Crippen molar-refractivity contribution in [3.05, 3.63) is 16.1 Å². The van der Waals surface area contributed by atoms with Crippen LogP contribution >= 0.6 is 11.3 Å². The molecule has 2 N–H and O–H groups in total. The van der Waals surface area contributed by atoms with Gasteiger partial charge in [-0.15, -0.1) is 11.3 Å². The van der Waals surface area contributed by atoms with Gasteiger partial charge in [0.1, 0.15) is 5.78 Å². The van der Waals surface area contributed by atoms with Crippen molar-refractivity contribution in [3.63, 3.8) is 0 Å². The summed E-state index contributed by atoms with van der Waals surface area (Å²) in [7, 11) is 0. The van der Waals surface area contributed by atoms with Crippen LogP contribution in [0.2, 0.25) is 0 Å². The van der Waals surface area contributed by atoms with Gasteiger partial charge in [-0.2, -0.15) is 0 Å². The van der Waals surface area contributed by atoms with E-state index in [-0.39, 0.29) is 5.78 Å². The summed E-state index contributed by atoms with van der Waals surface area (Å²) in [6.07, 6.45) is 2.02. The molecule has 1 rings (SSSR count). The standard InChI is InChI=1S/C11H18N2OS/c1-3-9(6-12)4-11(14)5-10-7-15-8(2)13-10/h7,9H,3-6,12H2,1-2H3. The Bertz CT molecular complexity index is 318. The zero-order valence-electron chi connectivity index (χ0n) is 9.32. The van der Waals surface area contributed by atoms with E-state index in [2.05, 4.69) is 11.9 Å². The van der Waals surface area contributed by atoms with E-state index in [0.29, 0.717) is 25.3 Å². The number of hydrogen-bond donors (Lipinski definition) is 1. The van der Waals surface area contributed by atoms with Crippen LogP contribution in [0.1, 0.15) is 30.5 Å². The number of carbonyl (C=O) groups excluding carboxylic acids is 1. The van der Waals surface area contributed by atoms with Crippen molar-refractivity contribution >= 4 is 17.1 Å². The van der Waals surface area contributed by atoms with Gasteiger partial charge in [0.05, 0.1) is 10.7 Å². The highest BCUT2D eigenvalue weighted by molar-refractivity contribution is 7.09. The van der Waals surface area contributed by atoms with E-state index < -0.39 is 0 Å². The van der Waals surface area contributed by atoms with Crippen molar-refractivity contribution in [3.8, 4) is 0 Å². The average molecular weight is 226 g/mol. The minimum absolute atomic E-state index is 0.248. The average Bonchev–Trinajstić information content (AvgIpc) is 2.60. The van der Waals surface area contributed by atoms with E-state index in [1.165, 1.54) is 0 Å². The molecule has 0 aliphatic rings. The van der Waals surface area contributed by atoms with Crippen molar-refractivity contribution in [1.29, 1.82) is 0 Å². The van der Waals surface area contributed by atoms with Crippen LogP contribution in [0, 0.1) is 12.8 Å². The molecule has 84 valence electrons. The second kappa shape index (κ2) is 5.98. The summed E-state index contributed by atoms with van der Waals surface area (Å²) >= 11 is 1.59. The minimum Gasteiger partial charge on any atom is -0.330 e. The number of hydrogen-bond acceptors (Lipinski definition) is 4. The van der Waals surface area contributed by atoms with Crippen molar-refractivity contribution in [2.24, 2.45) is 11.7 Å². The zero-order chi connectivity index (χ0) is 11.3. The lowest BCUT2D eigenvalue weighted by Crippen LogP contribution is -2.18. The molecule has 1 unspecified atom stereocenters. The number of aryl methyl sites for hydroxylation is 1. The number of thiazole rings is 1. The molecule has 0 amide bonds. The molecule has 15 heavy (non-hydrogen) atoms. The lowest BCUT2D eigenvalue weighted by atomic mass is 9.98. The Morgan fingerprint density at radius 1 is 1.67 bits per heavy atom. The molecule has 0 aromatic carbocycles. The van der Waals surface area contributed by atoms with Crippen molar-refractivity contribution in [2.45, 2.75) is 33.1 Å². The molecular formula is C11H18N2OS. The van der Waals surface area contributed by atoms with E-state index in [0.717, 1.165) is 17.1 Å². The topological polar surface area (TPSA) is 56.0 Å². The molecule has 0 saturated heterocycles. The van der Waals surface area contributed by atoms with Crippen LogP contribution in [0.5, 0.6) is 0 Å². The quantitative estimate of drug-likeness (QED) is 0.806. The number of aromatic nitrogens is 1. The molecule has 0 bridgehead atoms. The van der Waals surface area contributed by atoms with Gasteiger partial charge in [-0.1, -0.05) is 13.3 Å². The van der Waals surface area contributed by atoms with Gasteiger partial charge < -0.3 is 5.73 Å². The van der Waals surface area contributed by atoms with Crippen LogP contribution in [-0.2, 0) is 11.2 Å². The Kier molecular flexibility index (Phi) is 4.91. The molecule has 0 fully saturated rings. The number of Topliss-reactive ketones (excluding diaryl/α,β-unsaturated/α-hetero) is 1. The fourth-order valence-electron chi connectivity index (χ4n) is 1.48. The van der Waals surface area contributed by atoms with Gasteiger partial charge >= 0.3 is 0 Å². The summed E-state index contributed by atoms with van der Waals surface area (Å²) in [5, 5.41) is 2.97. The normalized spacial score (nSPS) is 12.7. The first-order valence-corrected chi connectivity index (χ1v) is 6.16. The zero-order valence-corrected chi connectivity index (χ0v) is 10.1. The fraction of sp³-hybridized carbons (Fsp3) is 0.636. The summed E-state index contributed by atoms with van der Waals surface area (Å²) in [6.45, 7) is 4.61. The van der Waals surface area contributed by atoms with Crippen molar-refractivity contribution < 1.29 is 4.79 Å². The molecule has 0 radical (unpaired) electrons. The molecule has 1 aromatic heterocycles. The lowest BCUT2D eigenvalue weighted by molar-refractivity contribution is -0.119. The molecular weight excluding hydrogens is 208 g/mol. The molecule has 0 saturated carbocycles. The third kappa shape index (κ3) is 4.10. The van der Waals surface area contributed by atoms with Gasteiger partial charge in [-0.05, 0) is 19.4 Å². The van der Waals surface area contributed by atoms with E-state index >= 15 is 0 Å². The monoisotopic (exact) mass is 226 g/mol. The van der Waals surface area contributed by atoms with Crippen LogP contribution in [-0.4, -0.2) is 17.3 Å². The van der Waals surface area contributed by atoms with E-state index in [1.807, 2.05) is 12.3 Å². The first kappa shape index (κ1) is 12.3. The summed E-state index contributed by atoms with van der Waals surface area (Å²) in [5.41, 5.74) is 6.46. The highest BCUT2D eigenvalue weighted by Crippen LogP contribution is 2.12. The Morgan fingerprint density at radius 2 is 2.40 bits per heavy atom. The third-order valence-corrected chi connectivity index (χ3v) is 3.29. The predicted molar refractivity (Wildman–Crippen MR) is 63.0 cm³/mol. The maximum Gasteiger partial charge on any atom is 0.139 e. The van der Waals surface area contributed by atoms with Crippen LogP contribution < -0.4 is 5.73 Å². The van der Waals surface area contributed by atoms with Crippen molar-refractivity contribution in [2.75, 3.05) is 6.54 Å². The van der Waals surface area contributed by atoms with Gasteiger partial charge in [-0.3, -0.25) is 4.79 Å². The Labute approximate surface area is 94.7 Å². The van der Waals surface area contributed by atoms with Gasteiger partial charge in [0.2, 0.25) is 0 Å². The highest BCUT2D eigenvalue weighted by Gasteiger charge is 2.12. The predicted octanol–water partition coefficient (Wildman–Crippen LogP) is 1.94. The maximum absolute atomic E-state index is 11.7. The molecule has 1 atom stereocenters. The van der Waals surface area contributed by atoms with Gasteiger partial charge in [0.25, 0.3) is 0 Å². The molecule has 1 aromatic rings.